The summed E-state index contributed by atoms with van der Waals surface area (Å²) in [6, 6.07) is 8.66. The lowest BCUT2D eigenvalue weighted by atomic mass is 10.2. The summed E-state index contributed by atoms with van der Waals surface area (Å²) < 4.78 is 46.1. The topological polar surface area (TPSA) is 87.7 Å². The molecular weight excluding hydrogens is 421 g/mol. The number of carbonyl (C=O) groups excluding carboxylic acids is 1. The summed E-state index contributed by atoms with van der Waals surface area (Å²) in [5.41, 5.74) is 1.02. The molecule has 0 bridgehead atoms. The first kappa shape index (κ1) is 21.5. The first-order chi connectivity index (χ1) is 13.8. The summed E-state index contributed by atoms with van der Waals surface area (Å²) in [7, 11) is -3.69. The van der Waals surface area contributed by atoms with Crippen molar-refractivity contribution in [3.8, 4) is 0 Å². The molecule has 1 fully saturated rings. The van der Waals surface area contributed by atoms with Crippen molar-refractivity contribution in [2.24, 2.45) is 0 Å². The van der Waals surface area contributed by atoms with Gasteiger partial charge in [-0.1, -0.05) is 17.7 Å². The Kier molecular flexibility index (Phi) is 6.74. The number of halogens is 2. The molecule has 1 aliphatic heterocycles. The smallest absolute Gasteiger partial charge is 0.243 e. The van der Waals surface area contributed by atoms with Crippen molar-refractivity contribution in [2.75, 3.05) is 43.5 Å². The Bertz CT molecular complexity index is 1010. The summed E-state index contributed by atoms with van der Waals surface area (Å²) in [5.74, 6) is -0.987. The molecule has 0 spiro atoms. The van der Waals surface area contributed by atoms with E-state index >= 15 is 0 Å². The normalized spacial score (nSPS) is 15.1. The molecule has 1 heterocycles. The van der Waals surface area contributed by atoms with Crippen LogP contribution in [0, 0.1) is 12.7 Å². The minimum absolute atomic E-state index is 0.104. The lowest BCUT2D eigenvalue weighted by Gasteiger charge is -2.26. The molecule has 1 amide bonds. The number of sulfonamides is 1. The Balaban J connectivity index is 1.70. The van der Waals surface area contributed by atoms with Gasteiger partial charge in [0.05, 0.1) is 30.3 Å². The first-order valence-electron chi connectivity index (χ1n) is 8.95. The SMILES string of the molecule is Cc1ccc(NC(=O)CNc2cc(Cl)ccc2F)cc1S(=O)(=O)N1CCOCC1. The molecule has 2 N–H and O–H groups in total. The predicted octanol–water partition coefficient (Wildman–Crippen LogP) is 2.86. The fourth-order valence-electron chi connectivity index (χ4n) is 2.90. The molecule has 0 atom stereocenters. The number of anilines is 2. The van der Waals surface area contributed by atoms with Crippen molar-refractivity contribution >= 4 is 38.9 Å². The lowest BCUT2D eigenvalue weighted by Crippen LogP contribution is -2.40. The standard InChI is InChI=1S/C19H21ClFN3O4S/c1-13-2-4-15(11-18(13)29(26,27)24-6-8-28-9-7-24)23-19(25)12-22-17-10-14(20)3-5-16(17)21/h2-5,10-11,22H,6-9,12H2,1H3,(H,23,25). The van der Waals surface area contributed by atoms with E-state index in [0.29, 0.717) is 29.5 Å². The van der Waals surface area contributed by atoms with Crippen molar-refractivity contribution in [1.82, 2.24) is 4.31 Å². The number of morpholine rings is 1. The number of hydrogen-bond acceptors (Lipinski definition) is 5. The Hall–Kier alpha value is -2.20. The highest BCUT2D eigenvalue weighted by molar-refractivity contribution is 7.89. The number of amides is 1. The summed E-state index contributed by atoms with van der Waals surface area (Å²) >= 11 is 5.82. The zero-order valence-electron chi connectivity index (χ0n) is 15.7. The average Bonchev–Trinajstić information content (AvgIpc) is 2.70. The van der Waals surface area contributed by atoms with E-state index in [1.54, 1.807) is 19.1 Å². The number of ether oxygens (including phenoxy) is 1. The summed E-state index contributed by atoms with van der Waals surface area (Å²) in [6.45, 7) is 2.75. The second-order valence-corrected chi connectivity index (χ2v) is 8.87. The number of rotatable bonds is 6. The maximum atomic E-state index is 13.7. The van der Waals surface area contributed by atoms with E-state index in [2.05, 4.69) is 10.6 Å². The quantitative estimate of drug-likeness (QED) is 0.719. The van der Waals surface area contributed by atoms with Crippen molar-refractivity contribution in [3.05, 3.63) is 52.8 Å². The van der Waals surface area contributed by atoms with Crippen molar-refractivity contribution in [1.29, 1.82) is 0 Å². The van der Waals surface area contributed by atoms with E-state index in [1.807, 2.05) is 0 Å². The van der Waals surface area contributed by atoms with Crippen molar-refractivity contribution in [3.63, 3.8) is 0 Å². The van der Waals surface area contributed by atoms with E-state index in [4.69, 9.17) is 16.3 Å². The zero-order chi connectivity index (χ0) is 21.0. The molecule has 10 heteroatoms. The third-order valence-corrected chi connectivity index (χ3v) is 6.70. The molecule has 1 aliphatic rings. The molecule has 3 rings (SSSR count). The van der Waals surface area contributed by atoms with Crippen LogP contribution in [-0.4, -0.2) is 51.5 Å². The first-order valence-corrected chi connectivity index (χ1v) is 10.8. The molecule has 2 aromatic carbocycles. The van der Waals surface area contributed by atoms with Crippen LogP contribution in [0.3, 0.4) is 0 Å². The van der Waals surface area contributed by atoms with Gasteiger partial charge in [-0.2, -0.15) is 4.31 Å². The molecule has 29 heavy (non-hydrogen) atoms. The van der Waals surface area contributed by atoms with Gasteiger partial charge in [-0.3, -0.25) is 4.79 Å². The lowest BCUT2D eigenvalue weighted by molar-refractivity contribution is -0.114. The molecule has 0 aliphatic carbocycles. The third-order valence-electron chi connectivity index (χ3n) is 4.43. The van der Waals surface area contributed by atoms with Gasteiger partial charge in [0.1, 0.15) is 5.82 Å². The Morgan fingerprint density at radius 1 is 1.21 bits per heavy atom. The minimum Gasteiger partial charge on any atom is -0.379 e. The van der Waals surface area contributed by atoms with Gasteiger partial charge in [-0.25, -0.2) is 12.8 Å². The monoisotopic (exact) mass is 441 g/mol. The molecule has 0 radical (unpaired) electrons. The fourth-order valence-corrected chi connectivity index (χ4v) is 4.73. The van der Waals surface area contributed by atoms with Crippen LogP contribution in [0.2, 0.25) is 5.02 Å². The number of hydrogen-bond donors (Lipinski definition) is 2. The van der Waals surface area contributed by atoms with Crippen LogP contribution in [0.4, 0.5) is 15.8 Å². The average molecular weight is 442 g/mol. The van der Waals surface area contributed by atoms with Crippen LogP contribution < -0.4 is 10.6 Å². The summed E-state index contributed by atoms with van der Waals surface area (Å²) in [5, 5.41) is 5.63. The fraction of sp³-hybridized carbons (Fsp3) is 0.316. The van der Waals surface area contributed by atoms with Crippen LogP contribution in [0.15, 0.2) is 41.3 Å². The van der Waals surface area contributed by atoms with E-state index in [-0.39, 0.29) is 30.2 Å². The van der Waals surface area contributed by atoms with E-state index in [1.165, 1.54) is 28.6 Å². The van der Waals surface area contributed by atoms with Crippen LogP contribution in [0.1, 0.15) is 5.56 Å². The third kappa shape index (κ3) is 5.24. The van der Waals surface area contributed by atoms with Gasteiger partial charge in [0.15, 0.2) is 0 Å². The second-order valence-electron chi connectivity index (χ2n) is 6.52. The van der Waals surface area contributed by atoms with Crippen molar-refractivity contribution < 1.29 is 22.3 Å². The van der Waals surface area contributed by atoms with E-state index in [9.17, 15) is 17.6 Å². The predicted molar refractivity (Wildman–Crippen MR) is 109 cm³/mol. The highest BCUT2D eigenvalue weighted by Gasteiger charge is 2.28. The molecule has 0 saturated carbocycles. The minimum atomic E-state index is -3.69. The van der Waals surface area contributed by atoms with Crippen LogP contribution in [0.25, 0.3) is 0 Å². The van der Waals surface area contributed by atoms with Gasteiger partial charge in [0, 0.05) is 23.8 Å². The molecule has 1 saturated heterocycles. The molecule has 0 aromatic heterocycles. The van der Waals surface area contributed by atoms with Crippen molar-refractivity contribution in [2.45, 2.75) is 11.8 Å². The number of nitrogens with one attached hydrogen (secondary N) is 2. The summed E-state index contributed by atoms with van der Waals surface area (Å²) in [4.78, 5) is 12.4. The van der Waals surface area contributed by atoms with E-state index < -0.39 is 21.7 Å². The molecule has 2 aromatic rings. The Morgan fingerprint density at radius 2 is 1.93 bits per heavy atom. The zero-order valence-corrected chi connectivity index (χ0v) is 17.3. The van der Waals surface area contributed by atoms with Gasteiger partial charge in [-0.05, 0) is 42.8 Å². The molecule has 7 nitrogen and oxygen atoms in total. The van der Waals surface area contributed by atoms with Gasteiger partial charge >= 0.3 is 0 Å². The maximum Gasteiger partial charge on any atom is 0.243 e. The number of carbonyl (C=O) groups is 1. The molecule has 156 valence electrons. The Morgan fingerprint density at radius 3 is 2.66 bits per heavy atom. The number of benzene rings is 2. The van der Waals surface area contributed by atoms with Gasteiger partial charge < -0.3 is 15.4 Å². The van der Waals surface area contributed by atoms with Gasteiger partial charge in [0.2, 0.25) is 15.9 Å². The maximum absolute atomic E-state index is 13.7. The van der Waals surface area contributed by atoms with E-state index in [0.717, 1.165) is 0 Å². The largest absolute Gasteiger partial charge is 0.379 e. The van der Waals surface area contributed by atoms with Crippen LogP contribution in [0.5, 0.6) is 0 Å². The number of nitrogens with zero attached hydrogens (tertiary/aromatic N) is 1. The van der Waals surface area contributed by atoms with Crippen LogP contribution >= 0.6 is 11.6 Å². The molecular formula is C19H21ClFN3O4S. The van der Waals surface area contributed by atoms with Gasteiger partial charge in [-0.15, -0.1) is 0 Å². The molecule has 0 unspecified atom stereocenters. The number of aryl methyl sites for hydroxylation is 1. The summed E-state index contributed by atoms with van der Waals surface area (Å²) in [6.07, 6.45) is 0. The Labute approximate surface area is 173 Å². The second kappa shape index (κ2) is 9.08. The van der Waals surface area contributed by atoms with Gasteiger partial charge in [0.25, 0.3) is 0 Å². The van der Waals surface area contributed by atoms with Crippen LogP contribution in [-0.2, 0) is 19.6 Å². The highest BCUT2D eigenvalue weighted by atomic mass is 35.5. The highest BCUT2D eigenvalue weighted by Crippen LogP contribution is 2.24.